The molecule has 7 saturated carbocycles. The molecule has 0 amide bonds. The number of ketones is 1. The van der Waals surface area contributed by atoms with Crippen molar-refractivity contribution >= 4 is 5.78 Å². The summed E-state index contributed by atoms with van der Waals surface area (Å²) < 4.78 is 6.55. The Balaban J connectivity index is 1.46. The standard InChI is InChI=1S/C20H30O3/c1-3-11(2)18(21)10-23-20-9-13-4-14-16(20)6-12-7-17(20)15(5-13)19(14,22)8-12/h11-17,22H,3-10H2,1-2H3. The minimum Gasteiger partial charge on any atom is -0.389 e. The van der Waals surface area contributed by atoms with E-state index in [4.69, 9.17) is 4.74 Å². The van der Waals surface area contributed by atoms with Gasteiger partial charge in [0.15, 0.2) is 5.78 Å². The molecule has 0 aromatic rings. The molecular weight excluding hydrogens is 288 g/mol. The Bertz CT molecular complexity index is 517. The molecule has 7 aliphatic rings. The molecule has 8 bridgehead atoms. The molecule has 1 N–H and O–H groups in total. The molecule has 7 aliphatic carbocycles. The van der Waals surface area contributed by atoms with Gasteiger partial charge in [-0.3, -0.25) is 4.79 Å². The fourth-order valence-electron chi connectivity index (χ4n) is 7.72. The Morgan fingerprint density at radius 1 is 1.09 bits per heavy atom. The quantitative estimate of drug-likeness (QED) is 0.847. The Morgan fingerprint density at radius 2 is 1.65 bits per heavy atom. The summed E-state index contributed by atoms with van der Waals surface area (Å²) in [5.41, 5.74) is -0.455. The van der Waals surface area contributed by atoms with Crippen molar-refractivity contribution in [2.24, 2.45) is 41.4 Å². The van der Waals surface area contributed by atoms with Gasteiger partial charge in [0, 0.05) is 5.92 Å². The molecule has 128 valence electrons. The molecule has 0 spiro atoms. The van der Waals surface area contributed by atoms with Gasteiger partial charge in [-0.25, -0.2) is 0 Å². The Kier molecular flexibility index (Phi) is 2.98. The summed E-state index contributed by atoms with van der Waals surface area (Å²) in [4.78, 5) is 12.3. The molecule has 0 saturated heterocycles. The number of ether oxygens (including phenoxy) is 1. The van der Waals surface area contributed by atoms with Crippen molar-refractivity contribution in [2.75, 3.05) is 6.61 Å². The van der Waals surface area contributed by atoms with Crippen LogP contribution in [0.3, 0.4) is 0 Å². The van der Waals surface area contributed by atoms with Crippen molar-refractivity contribution in [1.29, 1.82) is 0 Å². The average Bonchev–Trinajstić information content (AvgIpc) is 2.56. The van der Waals surface area contributed by atoms with E-state index < -0.39 is 0 Å². The summed E-state index contributed by atoms with van der Waals surface area (Å²) in [6.45, 7) is 4.40. The molecule has 0 aliphatic heterocycles. The fraction of sp³-hybridized carbons (Fsp3) is 0.950. The molecule has 0 radical (unpaired) electrons. The van der Waals surface area contributed by atoms with E-state index >= 15 is 0 Å². The van der Waals surface area contributed by atoms with E-state index in [1.165, 1.54) is 25.7 Å². The number of carbonyl (C=O) groups excluding carboxylic acids is 1. The summed E-state index contributed by atoms with van der Waals surface area (Å²) >= 11 is 0. The van der Waals surface area contributed by atoms with Crippen LogP contribution >= 0.6 is 0 Å². The van der Waals surface area contributed by atoms with Gasteiger partial charge in [-0.1, -0.05) is 13.8 Å². The molecule has 7 rings (SSSR count). The summed E-state index contributed by atoms with van der Waals surface area (Å²) in [5.74, 6) is 3.75. The van der Waals surface area contributed by atoms with Crippen LogP contribution in [0.1, 0.15) is 58.8 Å². The van der Waals surface area contributed by atoms with Gasteiger partial charge in [-0.2, -0.15) is 0 Å². The van der Waals surface area contributed by atoms with Crippen LogP contribution in [0.2, 0.25) is 0 Å². The average molecular weight is 318 g/mol. The lowest BCUT2D eigenvalue weighted by molar-refractivity contribution is -0.350. The molecular formula is C20H30O3. The number of hydrogen-bond acceptors (Lipinski definition) is 3. The normalized spacial score (nSPS) is 56.3. The van der Waals surface area contributed by atoms with Gasteiger partial charge in [-0.05, 0) is 80.5 Å². The van der Waals surface area contributed by atoms with E-state index in [1.54, 1.807) is 0 Å². The SMILES string of the molecule is CCC(C)C(=O)COC12CC3CC4C1CC1CC2C(C3)C4(O)C1. The third kappa shape index (κ3) is 1.71. The molecule has 3 heteroatoms. The highest BCUT2D eigenvalue weighted by Crippen LogP contribution is 2.74. The van der Waals surface area contributed by atoms with Crippen LogP contribution in [0, 0.1) is 41.4 Å². The molecule has 0 heterocycles. The maximum atomic E-state index is 12.3. The smallest absolute Gasteiger partial charge is 0.161 e. The lowest BCUT2D eigenvalue weighted by Crippen LogP contribution is -2.78. The molecule has 5 unspecified atom stereocenters. The molecule has 23 heavy (non-hydrogen) atoms. The van der Waals surface area contributed by atoms with Crippen molar-refractivity contribution in [1.82, 2.24) is 0 Å². The summed E-state index contributed by atoms with van der Waals surface area (Å²) in [6.07, 6.45) is 8.00. The van der Waals surface area contributed by atoms with E-state index in [0.29, 0.717) is 36.2 Å². The number of aliphatic hydroxyl groups is 1. The third-order valence-corrected chi connectivity index (χ3v) is 8.73. The maximum Gasteiger partial charge on any atom is 0.161 e. The van der Waals surface area contributed by atoms with Gasteiger partial charge in [-0.15, -0.1) is 0 Å². The third-order valence-electron chi connectivity index (χ3n) is 8.73. The van der Waals surface area contributed by atoms with Gasteiger partial charge in [0.2, 0.25) is 0 Å². The van der Waals surface area contributed by atoms with Crippen LogP contribution in [0.4, 0.5) is 0 Å². The van der Waals surface area contributed by atoms with Gasteiger partial charge in [0.1, 0.15) is 6.61 Å². The molecule has 0 aromatic carbocycles. The Morgan fingerprint density at radius 3 is 2.26 bits per heavy atom. The molecule has 0 aromatic heterocycles. The number of rotatable bonds is 5. The highest BCUT2D eigenvalue weighted by Gasteiger charge is 2.75. The van der Waals surface area contributed by atoms with Crippen LogP contribution < -0.4 is 0 Å². The van der Waals surface area contributed by atoms with E-state index in [2.05, 4.69) is 6.92 Å². The zero-order valence-corrected chi connectivity index (χ0v) is 14.5. The first-order chi connectivity index (χ1) is 11.0. The van der Waals surface area contributed by atoms with Crippen molar-refractivity contribution in [3.05, 3.63) is 0 Å². The topological polar surface area (TPSA) is 46.5 Å². The zero-order chi connectivity index (χ0) is 16.0. The summed E-state index contributed by atoms with van der Waals surface area (Å²) in [5, 5.41) is 11.4. The number of hydrogen-bond donors (Lipinski definition) is 1. The summed E-state index contributed by atoms with van der Waals surface area (Å²) in [7, 11) is 0. The van der Waals surface area contributed by atoms with E-state index in [9.17, 15) is 9.90 Å². The number of carbonyl (C=O) groups is 1. The molecule has 7 fully saturated rings. The van der Waals surface area contributed by atoms with Gasteiger partial charge in [0.25, 0.3) is 0 Å². The Labute approximate surface area is 139 Å². The molecule has 3 nitrogen and oxygen atoms in total. The van der Waals surface area contributed by atoms with E-state index in [1.807, 2.05) is 6.92 Å². The first kappa shape index (κ1) is 14.9. The largest absolute Gasteiger partial charge is 0.389 e. The van der Waals surface area contributed by atoms with Crippen molar-refractivity contribution < 1.29 is 14.6 Å². The van der Waals surface area contributed by atoms with Crippen molar-refractivity contribution in [3.8, 4) is 0 Å². The Hall–Kier alpha value is -0.410. The van der Waals surface area contributed by atoms with E-state index in [-0.39, 0.29) is 22.9 Å². The number of Topliss-reactive ketones (excluding diaryl/α,β-unsaturated/α-hetero) is 1. The first-order valence-corrected chi connectivity index (χ1v) is 9.87. The second-order valence-electron chi connectivity index (χ2n) is 9.52. The minimum absolute atomic E-state index is 0.0667. The van der Waals surface area contributed by atoms with Gasteiger partial charge >= 0.3 is 0 Å². The predicted molar refractivity (Wildman–Crippen MR) is 86.7 cm³/mol. The van der Waals surface area contributed by atoms with Crippen molar-refractivity contribution in [2.45, 2.75) is 70.0 Å². The highest BCUT2D eigenvalue weighted by molar-refractivity contribution is 5.81. The lowest BCUT2D eigenvalue weighted by Gasteiger charge is -2.76. The highest BCUT2D eigenvalue weighted by atomic mass is 16.5. The van der Waals surface area contributed by atoms with Crippen LogP contribution in [0.25, 0.3) is 0 Å². The second kappa shape index (κ2) is 4.60. The van der Waals surface area contributed by atoms with Crippen LogP contribution in [0.5, 0.6) is 0 Å². The minimum atomic E-state index is -0.388. The second-order valence-corrected chi connectivity index (χ2v) is 9.52. The monoisotopic (exact) mass is 318 g/mol. The molecule has 5 atom stereocenters. The zero-order valence-electron chi connectivity index (χ0n) is 14.5. The maximum absolute atomic E-state index is 12.3. The van der Waals surface area contributed by atoms with Gasteiger partial charge < -0.3 is 9.84 Å². The van der Waals surface area contributed by atoms with Crippen molar-refractivity contribution in [3.63, 3.8) is 0 Å². The predicted octanol–water partition coefficient (Wildman–Crippen LogP) is 3.19. The van der Waals surface area contributed by atoms with Gasteiger partial charge in [0.05, 0.1) is 11.2 Å². The fourth-order valence-corrected chi connectivity index (χ4v) is 7.72. The summed E-state index contributed by atoms with van der Waals surface area (Å²) in [6, 6.07) is 0. The van der Waals surface area contributed by atoms with Crippen LogP contribution in [-0.4, -0.2) is 28.7 Å². The lowest BCUT2D eigenvalue weighted by atomic mass is 9.32. The van der Waals surface area contributed by atoms with Crippen LogP contribution in [-0.2, 0) is 9.53 Å². The van der Waals surface area contributed by atoms with Crippen LogP contribution in [0.15, 0.2) is 0 Å². The van der Waals surface area contributed by atoms with E-state index in [0.717, 1.165) is 25.2 Å². The first-order valence-electron chi connectivity index (χ1n) is 9.87.